The SMILES string of the molecule is CC1OCCC1N(C)C1(CN)CCCC1C. The van der Waals surface area contributed by atoms with Crippen molar-refractivity contribution in [2.45, 2.75) is 57.2 Å². The maximum Gasteiger partial charge on any atom is 0.0703 e. The fourth-order valence-corrected chi connectivity index (χ4v) is 3.76. The number of hydrogen-bond acceptors (Lipinski definition) is 3. The van der Waals surface area contributed by atoms with Gasteiger partial charge in [-0.05, 0) is 39.2 Å². The first-order valence-electron chi connectivity index (χ1n) is 6.66. The summed E-state index contributed by atoms with van der Waals surface area (Å²) in [6.07, 6.45) is 5.42. The molecule has 0 aromatic heterocycles. The van der Waals surface area contributed by atoms with Crippen molar-refractivity contribution < 1.29 is 4.74 Å². The average Bonchev–Trinajstić information content (AvgIpc) is 2.84. The maximum atomic E-state index is 6.09. The smallest absolute Gasteiger partial charge is 0.0703 e. The van der Waals surface area contributed by atoms with Crippen molar-refractivity contribution >= 4 is 0 Å². The van der Waals surface area contributed by atoms with Gasteiger partial charge in [-0.15, -0.1) is 0 Å². The highest BCUT2D eigenvalue weighted by molar-refractivity contribution is 5.02. The molecule has 2 fully saturated rings. The molecule has 1 saturated carbocycles. The molecule has 0 aromatic rings. The van der Waals surface area contributed by atoms with E-state index in [0.717, 1.165) is 25.5 Å². The van der Waals surface area contributed by atoms with E-state index in [1.165, 1.54) is 19.3 Å². The van der Waals surface area contributed by atoms with Crippen LogP contribution in [0, 0.1) is 5.92 Å². The van der Waals surface area contributed by atoms with Crippen LogP contribution in [0.5, 0.6) is 0 Å². The van der Waals surface area contributed by atoms with Gasteiger partial charge in [-0.25, -0.2) is 0 Å². The molecule has 1 aliphatic carbocycles. The lowest BCUT2D eigenvalue weighted by Crippen LogP contribution is -2.58. The minimum atomic E-state index is 0.229. The second-order valence-electron chi connectivity index (χ2n) is 5.64. The maximum absolute atomic E-state index is 6.09. The van der Waals surface area contributed by atoms with Gasteiger partial charge in [-0.3, -0.25) is 4.90 Å². The van der Waals surface area contributed by atoms with E-state index in [1.807, 2.05) is 0 Å². The molecule has 0 radical (unpaired) electrons. The van der Waals surface area contributed by atoms with Crippen LogP contribution in [0.2, 0.25) is 0 Å². The zero-order valence-corrected chi connectivity index (χ0v) is 10.9. The van der Waals surface area contributed by atoms with Gasteiger partial charge in [0.2, 0.25) is 0 Å². The van der Waals surface area contributed by atoms with Gasteiger partial charge in [0.1, 0.15) is 0 Å². The Labute approximate surface area is 99.3 Å². The summed E-state index contributed by atoms with van der Waals surface area (Å²) in [5, 5.41) is 0. The average molecular weight is 226 g/mol. The third-order valence-corrected chi connectivity index (χ3v) is 5.05. The molecule has 2 N–H and O–H groups in total. The molecule has 1 aliphatic heterocycles. The number of ether oxygens (including phenoxy) is 1. The van der Waals surface area contributed by atoms with Crippen LogP contribution in [0.15, 0.2) is 0 Å². The molecule has 16 heavy (non-hydrogen) atoms. The Bertz CT molecular complexity index is 246. The Morgan fingerprint density at radius 3 is 2.56 bits per heavy atom. The normalized spacial score (nSPS) is 44.4. The van der Waals surface area contributed by atoms with Crippen LogP contribution < -0.4 is 5.73 Å². The lowest BCUT2D eigenvalue weighted by atomic mass is 9.85. The number of hydrogen-bond donors (Lipinski definition) is 1. The van der Waals surface area contributed by atoms with Gasteiger partial charge >= 0.3 is 0 Å². The van der Waals surface area contributed by atoms with E-state index in [2.05, 4.69) is 25.8 Å². The van der Waals surface area contributed by atoms with Crippen molar-refractivity contribution in [3.63, 3.8) is 0 Å². The molecular formula is C13H26N2O. The number of rotatable bonds is 3. The fraction of sp³-hybridized carbons (Fsp3) is 1.00. The molecule has 0 bridgehead atoms. The monoisotopic (exact) mass is 226 g/mol. The van der Waals surface area contributed by atoms with E-state index in [0.29, 0.717) is 12.1 Å². The van der Waals surface area contributed by atoms with Crippen LogP contribution in [-0.2, 0) is 4.74 Å². The van der Waals surface area contributed by atoms with Crippen LogP contribution in [0.4, 0.5) is 0 Å². The van der Waals surface area contributed by atoms with Gasteiger partial charge in [0, 0.05) is 24.7 Å². The highest BCUT2D eigenvalue weighted by Gasteiger charge is 2.46. The number of nitrogens with two attached hydrogens (primary N) is 1. The molecular weight excluding hydrogens is 200 g/mol. The van der Waals surface area contributed by atoms with E-state index in [1.54, 1.807) is 0 Å². The van der Waals surface area contributed by atoms with Crippen molar-refractivity contribution in [3.05, 3.63) is 0 Å². The van der Waals surface area contributed by atoms with Crippen molar-refractivity contribution in [3.8, 4) is 0 Å². The summed E-state index contributed by atoms with van der Waals surface area (Å²) in [5.41, 5.74) is 6.32. The van der Waals surface area contributed by atoms with Gasteiger partial charge in [0.15, 0.2) is 0 Å². The van der Waals surface area contributed by atoms with Crippen LogP contribution in [0.1, 0.15) is 39.5 Å². The summed E-state index contributed by atoms with van der Waals surface area (Å²) in [7, 11) is 2.25. The molecule has 4 unspecified atom stereocenters. The van der Waals surface area contributed by atoms with E-state index in [4.69, 9.17) is 10.5 Å². The minimum absolute atomic E-state index is 0.229. The molecule has 0 amide bonds. The zero-order chi connectivity index (χ0) is 11.8. The largest absolute Gasteiger partial charge is 0.377 e. The number of likely N-dealkylation sites (N-methyl/N-ethyl adjacent to an activating group) is 1. The zero-order valence-electron chi connectivity index (χ0n) is 10.9. The molecule has 94 valence electrons. The van der Waals surface area contributed by atoms with Gasteiger partial charge in [0.25, 0.3) is 0 Å². The first-order chi connectivity index (χ1) is 7.62. The van der Waals surface area contributed by atoms with Crippen molar-refractivity contribution in [1.29, 1.82) is 0 Å². The van der Waals surface area contributed by atoms with Crippen LogP contribution in [-0.4, -0.2) is 42.8 Å². The number of nitrogens with zero attached hydrogens (tertiary/aromatic N) is 1. The molecule has 1 saturated heterocycles. The third-order valence-electron chi connectivity index (χ3n) is 5.05. The van der Waals surface area contributed by atoms with Gasteiger partial charge in [0.05, 0.1) is 6.10 Å². The Balaban J connectivity index is 2.14. The predicted molar refractivity (Wildman–Crippen MR) is 66.4 cm³/mol. The minimum Gasteiger partial charge on any atom is -0.377 e. The first kappa shape index (κ1) is 12.3. The van der Waals surface area contributed by atoms with Crippen molar-refractivity contribution in [1.82, 2.24) is 4.90 Å². The summed E-state index contributed by atoms with van der Waals surface area (Å²) < 4.78 is 5.69. The Kier molecular flexibility index (Phi) is 3.57. The van der Waals surface area contributed by atoms with Crippen LogP contribution in [0.3, 0.4) is 0 Å². The summed E-state index contributed by atoms with van der Waals surface area (Å²) >= 11 is 0. The highest BCUT2D eigenvalue weighted by atomic mass is 16.5. The Morgan fingerprint density at radius 1 is 1.38 bits per heavy atom. The Morgan fingerprint density at radius 2 is 2.12 bits per heavy atom. The fourth-order valence-electron chi connectivity index (χ4n) is 3.76. The van der Waals surface area contributed by atoms with Crippen LogP contribution >= 0.6 is 0 Å². The summed E-state index contributed by atoms with van der Waals surface area (Å²) in [5.74, 6) is 0.718. The third kappa shape index (κ3) is 1.79. The molecule has 3 nitrogen and oxygen atoms in total. The van der Waals surface area contributed by atoms with Gasteiger partial charge in [-0.1, -0.05) is 13.3 Å². The molecule has 0 aromatic carbocycles. The highest BCUT2D eigenvalue weighted by Crippen LogP contribution is 2.41. The summed E-state index contributed by atoms with van der Waals surface area (Å²) in [6.45, 7) is 6.24. The second kappa shape index (κ2) is 4.63. The topological polar surface area (TPSA) is 38.5 Å². The molecule has 1 heterocycles. The van der Waals surface area contributed by atoms with E-state index >= 15 is 0 Å². The molecule has 3 heteroatoms. The van der Waals surface area contributed by atoms with Gasteiger partial charge in [-0.2, -0.15) is 0 Å². The lowest BCUT2D eigenvalue weighted by molar-refractivity contribution is 0.0122. The van der Waals surface area contributed by atoms with Gasteiger partial charge < -0.3 is 10.5 Å². The molecule has 0 spiro atoms. The predicted octanol–water partition coefficient (Wildman–Crippen LogP) is 1.61. The van der Waals surface area contributed by atoms with Crippen molar-refractivity contribution in [2.75, 3.05) is 20.2 Å². The quantitative estimate of drug-likeness (QED) is 0.794. The summed E-state index contributed by atoms with van der Waals surface area (Å²) in [4.78, 5) is 2.54. The first-order valence-corrected chi connectivity index (χ1v) is 6.66. The summed E-state index contributed by atoms with van der Waals surface area (Å²) in [6, 6.07) is 0.559. The standard InChI is InChI=1S/C13H26N2O/c1-10-5-4-7-13(10,9-14)15(3)12-6-8-16-11(12)2/h10-12H,4-9,14H2,1-3H3. The molecule has 2 rings (SSSR count). The van der Waals surface area contributed by atoms with Crippen LogP contribution in [0.25, 0.3) is 0 Å². The lowest BCUT2D eigenvalue weighted by Gasteiger charge is -2.45. The van der Waals surface area contributed by atoms with E-state index in [-0.39, 0.29) is 5.54 Å². The second-order valence-corrected chi connectivity index (χ2v) is 5.64. The van der Waals surface area contributed by atoms with E-state index < -0.39 is 0 Å². The molecule has 4 atom stereocenters. The Hall–Kier alpha value is -0.120. The molecule has 2 aliphatic rings. The van der Waals surface area contributed by atoms with E-state index in [9.17, 15) is 0 Å². The van der Waals surface area contributed by atoms with Crippen molar-refractivity contribution in [2.24, 2.45) is 11.7 Å².